The number of hydrogen-bond donors (Lipinski definition) is 2. The summed E-state index contributed by atoms with van der Waals surface area (Å²) in [5, 5.41) is 5.94. The Hall–Kier alpha value is -3.49. The molecule has 0 radical (unpaired) electrons. The molecule has 1 aliphatic heterocycles. The highest BCUT2D eigenvalue weighted by Gasteiger charge is 2.40. The van der Waals surface area contributed by atoms with Crippen LogP contribution in [0.1, 0.15) is 79.4 Å². The number of nitrogens with zero attached hydrogens (tertiary/aromatic N) is 1. The van der Waals surface area contributed by atoms with Gasteiger partial charge in [0.05, 0.1) is 4.90 Å². The molecule has 0 saturated carbocycles. The molecule has 3 aromatic rings. The van der Waals surface area contributed by atoms with Gasteiger partial charge in [-0.1, -0.05) is 82.3 Å². The maximum atomic E-state index is 13.8. The van der Waals surface area contributed by atoms with Crippen molar-refractivity contribution in [1.82, 2.24) is 14.9 Å². The summed E-state index contributed by atoms with van der Waals surface area (Å²) in [6.45, 7) is 9.24. The first-order valence-electron chi connectivity index (χ1n) is 14.4. The zero-order valence-electron chi connectivity index (χ0n) is 24.3. The van der Waals surface area contributed by atoms with E-state index in [4.69, 9.17) is 0 Å². The largest absolute Gasteiger partial charge is 0.352 e. The third-order valence-corrected chi connectivity index (χ3v) is 9.74. The van der Waals surface area contributed by atoms with Gasteiger partial charge in [-0.05, 0) is 71.6 Å². The third-order valence-electron chi connectivity index (χ3n) is 7.82. The average Bonchev–Trinajstić information content (AvgIpc) is 2.99. The molecule has 0 spiro atoms. The zero-order chi connectivity index (χ0) is 29.6. The van der Waals surface area contributed by atoms with Gasteiger partial charge in [0.1, 0.15) is 6.04 Å². The smallest absolute Gasteiger partial charge is 0.251 e. The van der Waals surface area contributed by atoms with Crippen molar-refractivity contribution >= 4 is 21.8 Å². The van der Waals surface area contributed by atoms with Gasteiger partial charge in [0.25, 0.3) is 5.91 Å². The van der Waals surface area contributed by atoms with E-state index in [1.165, 1.54) is 9.87 Å². The normalized spacial score (nSPS) is 17.9. The molecule has 2 amide bonds. The van der Waals surface area contributed by atoms with E-state index in [2.05, 4.69) is 50.5 Å². The second kappa shape index (κ2) is 13.4. The lowest BCUT2D eigenvalue weighted by molar-refractivity contribution is -0.126. The van der Waals surface area contributed by atoms with Crippen LogP contribution in [0.15, 0.2) is 83.8 Å². The monoisotopic (exact) mass is 575 g/mol. The summed E-state index contributed by atoms with van der Waals surface area (Å²) in [5.41, 5.74) is 3.78. The number of piperidine rings is 1. The number of carbonyl (C=O) groups is 2. The lowest BCUT2D eigenvalue weighted by atomic mass is 9.91. The van der Waals surface area contributed by atoms with Crippen molar-refractivity contribution in [1.29, 1.82) is 0 Å². The van der Waals surface area contributed by atoms with Gasteiger partial charge >= 0.3 is 0 Å². The first-order chi connectivity index (χ1) is 19.6. The SMILES string of the molecule is CC(C)c1ccc(CNC(=O)[C@H]2C[C@H](CNC(=O)c3ccccc3)CCN2S(=O)(=O)c2ccc(C(C)C)cc2)cc1. The fourth-order valence-electron chi connectivity index (χ4n) is 5.14. The van der Waals surface area contributed by atoms with Crippen LogP contribution in [0.25, 0.3) is 0 Å². The van der Waals surface area contributed by atoms with E-state index in [1.54, 1.807) is 24.3 Å². The number of hydrogen-bond acceptors (Lipinski definition) is 4. The molecule has 218 valence electrons. The molecule has 4 rings (SSSR count). The molecular formula is C33H41N3O4S. The van der Waals surface area contributed by atoms with Gasteiger partial charge in [-0.2, -0.15) is 4.31 Å². The third kappa shape index (κ3) is 7.63. The van der Waals surface area contributed by atoms with E-state index < -0.39 is 16.1 Å². The van der Waals surface area contributed by atoms with Crippen LogP contribution in [0.4, 0.5) is 0 Å². The van der Waals surface area contributed by atoms with Gasteiger partial charge in [-0.3, -0.25) is 9.59 Å². The number of carbonyl (C=O) groups excluding carboxylic acids is 2. The van der Waals surface area contributed by atoms with E-state index in [0.29, 0.717) is 37.4 Å². The number of amides is 2. The van der Waals surface area contributed by atoms with Crippen LogP contribution in [0.2, 0.25) is 0 Å². The minimum absolute atomic E-state index is 0.0431. The molecule has 8 heteroatoms. The second-order valence-corrected chi connectivity index (χ2v) is 13.3. The Kier molecular flexibility index (Phi) is 9.99. The summed E-state index contributed by atoms with van der Waals surface area (Å²) in [4.78, 5) is 26.4. The molecule has 1 fully saturated rings. The van der Waals surface area contributed by atoms with E-state index in [0.717, 1.165) is 11.1 Å². The molecule has 1 aliphatic rings. The Morgan fingerprint density at radius 3 is 2.00 bits per heavy atom. The van der Waals surface area contributed by atoms with Crippen molar-refractivity contribution in [2.24, 2.45) is 5.92 Å². The molecule has 2 N–H and O–H groups in total. The minimum atomic E-state index is -3.91. The van der Waals surface area contributed by atoms with Crippen molar-refractivity contribution in [2.75, 3.05) is 13.1 Å². The molecule has 7 nitrogen and oxygen atoms in total. The van der Waals surface area contributed by atoms with Gasteiger partial charge in [0.2, 0.25) is 15.9 Å². The molecule has 1 saturated heterocycles. The van der Waals surface area contributed by atoms with Gasteiger partial charge < -0.3 is 10.6 Å². The van der Waals surface area contributed by atoms with Crippen molar-refractivity contribution in [2.45, 2.75) is 69.9 Å². The van der Waals surface area contributed by atoms with Gasteiger partial charge in [0, 0.05) is 25.2 Å². The van der Waals surface area contributed by atoms with Crippen LogP contribution < -0.4 is 10.6 Å². The quantitative estimate of drug-likeness (QED) is 0.336. The number of nitrogens with one attached hydrogen (secondary N) is 2. The standard InChI is InChI=1S/C33H41N3O4S/c1-23(2)27-12-10-25(11-13-27)21-35-33(38)31-20-26(22-34-32(37)29-8-6-5-7-9-29)18-19-36(31)41(39,40)30-16-14-28(15-17-30)24(3)4/h5-17,23-24,26,31H,18-22H2,1-4H3,(H,34,37)(H,35,38)/t26-,31-/m1/s1. The van der Waals surface area contributed by atoms with Crippen molar-refractivity contribution < 1.29 is 18.0 Å². The molecule has 41 heavy (non-hydrogen) atoms. The summed E-state index contributed by atoms with van der Waals surface area (Å²) in [7, 11) is -3.91. The molecule has 0 aromatic heterocycles. The Morgan fingerprint density at radius 1 is 0.829 bits per heavy atom. The first kappa shape index (κ1) is 30.5. The van der Waals surface area contributed by atoms with Gasteiger partial charge in [0.15, 0.2) is 0 Å². The van der Waals surface area contributed by atoms with E-state index in [-0.39, 0.29) is 35.1 Å². The fourth-order valence-corrected chi connectivity index (χ4v) is 6.76. The zero-order valence-corrected chi connectivity index (χ0v) is 25.2. The van der Waals surface area contributed by atoms with Crippen LogP contribution >= 0.6 is 0 Å². The summed E-state index contributed by atoms with van der Waals surface area (Å²) < 4.78 is 28.9. The van der Waals surface area contributed by atoms with Crippen LogP contribution in [-0.2, 0) is 21.4 Å². The predicted molar refractivity (Wildman–Crippen MR) is 162 cm³/mol. The number of sulfonamides is 1. The average molecular weight is 576 g/mol. The maximum absolute atomic E-state index is 13.8. The molecule has 1 heterocycles. The summed E-state index contributed by atoms with van der Waals surface area (Å²) >= 11 is 0. The van der Waals surface area contributed by atoms with E-state index >= 15 is 0 Å². The molecule has 2 atom stereocenters. The summed E-state index contributed by atoms with van der Waals surface area (Å²) in [6, 6.07) is 23.1. The Balaban J connectivity index is 1.50. The Morgan fingerprint density at radius 2 is 1.41 bits per heavy atom. The maximum Gasteiger partial charge on any atom is 0.251 e. The topological polar surface area (TPSA) is 95.6 Å². The lowest BCUT2D eigenvalue weighted by Crippen LogP contribution is -2.54. The van der Waals surface area contributed by atoms with Crippen LogP contribution in [0.3, 0.4) is 0 Å². The second-order valence-electron chi connectivity index (χ2n) is 11.4. The predicted octanol–water partition coefficient (Wildman–Crippen LogP) is 5.45. The number of rotatable bonds is 10. The molecule has 3 aromatic carbocycles. The van der Waals surface area contributed by atoms with Crippen molar-refractivity contribution in [3.8, 4) is 0 Å². The van der Waals surface area contributed by atoms with Crippen LogP contribution in [0.5, 0.6) is 0 Å². The van der Waals surface area contributed by atoms with Gasteiger partial charge in [-0.15, -0.1) is 0 Å². The molecule has 0 aliphatic carbocycles. The molecule has 0 unspecified atom stereocenters. The number of benzene rings is 3. The van der Waals surface area contributed by atoms with Crippen LogP contribution in [0, 0.1) is 5.92 Å². The fraction of sp³-hybridized carbons (Fsp3) is 0.394. The van der Waals surface area contributed by atoms with Crippen molar-refractivity contribution in [3.05, 3.63) is 101 Å². The Bertz CT molecular complexity index is 1420. The highest BCUT2D eigenvalue weighted by atomic mass is 32.2. The highest BCUT2D eigenvalue weighted by Crippen LogP contribution is 2.30. The minimum Gasteiger partial charge on any atom is -0.352 e. The highest BCUT2D eigenvalue weighted by molar-refractivity contribution is 7.89. The summed E-state index contributed by atoms with van der Waals surface area (Å²) in [5.74, 6) is 0.130. The molecular weight excluding hydrogens is 534 g/mol. The van der Waals surface area contributed by atoms with E-state index in [9.17, 15) is 18.0 Å². The van der Waals surface area contributed by atoms with E-state index in [1.807, 2.05) is 42.5 Å². The Labute approximate surface area is 244 Å². The lowest BCUT2D eigenvalue weighted by Gasteiger charge is -2.37. The molecule has 0 bridgehead atoms. The van der Waals surface area contributed by atoms with Crippen molar-refractivity contribution in [3.63, 3.8) is 0 Å². The summed E-state index contributed by atoms with van der Waals surface area (Å²) in [6.07, 6.45) is 0.856. The first-order valence-corrected chi connectivity index (χ1v) is 15.8. The van der Waals surface area contributed by atoms with Crippen LogP contribution in [-0.4, -0.2) is 43.7 Å². The van der Waals surface area contributed by atoms with Gasteiger partial charge in [-0.25, -0.2) is 8.42 Å².